The fraction of sp³-hybridized carbons (Fsp3) is 0.579. The number of amides is 1. The van der Waals surface area contributed by atoms with Crippen LogP contribution in [0, 0.1) is 5.92 Å². The van der Waals surface area contributed by atoms with Crippen molar-refractivity contribution in [2.45, 2.75) is 57.8 Å². The van der Waals surface area contributed by atoms with E-state index in [1.54, 1.807) is 12.4 Å². The molecule has 0 bridgehead atoms. The van der Waals surface area contributed by atoms with E-state index < -0.39 is 0 Å². The number of nitrogens with zero attached hydrogens (tertiary/aromatic N) is 3. The van der Waals surface area contributed by atoms with Crippen molar-refractivity contribution in [2.75, 3.05) is 6.54 Å². The van der Waals surface area contributed by atoms with Gasteiger partial charge < -0.3 is 9.84 Å². The third kappa shape index (κ3) is 5.66. The molecule has 0 spiro atoms. The highest BCUT2D eigenvalue weighted by molar-refractivity contribution is 5.76. The minimum Gasteiger partial charge on any atom is -0.356 e. The van der Waals surface area contributed by atoms with Crippen LogP contribution >= 0.6 is 0 Å². The van der Waals surface area contributed by atoms with Crippen molar-refractivity contribution in [1.82, 2.24) is 20.4 Å². The molecule has 0 aliphatic heterocycles. The number of nitrogens with one attached hydrogen (secondary N) is 1. The smallest absolute Gasteiger partial charge is 0.227 e. The van der Waals surface area contributed by atoms with Crippen molar-refractivity contribution in [3.05, 3.63) is 30.4 Å². The van der Waals surface area contributed by atoms with Crippen molar-refractivity contribution in [1.29, 1.82) is 0 Å². The number of aromatic nitrogens is 3. The van der Waals surface area contributed by atoms with E-state index in [4.69, 9.17) is 4.52 Å². The average molecular weight is 342 g/mol. The summed E-state index contributed by atoms with van der Waals surface area (Å²) in [4.78, 5) is 20.4. The Balaban J connectivity index is 1.41. The second-order valence-corrected chi connectivity index (χ2v) is 6.76. The molecule has 134 valence electrons. The molecule has 1 N–H and O–H groups in total. The van der Waals surface area contributed by atoms with E-state index in [2.05, 4.69) is 20.4 Å². The van der Waals surface area contributed by atoms with Gasteiger partial charge in [-0.1, -0.05) is 37.3 Å². The monoisotopic (exact) mass is 342 g/mol. The maximum Gasteiger partial charge on any atom is 0.227 e. The molecule has 0 aromatic carbocycles. The van der Waals surface area contributed by atoms with Gasteiger partial charge >= 0.3 is 0 Å². The second kappa shape index (κ2) is 9.30. The Labute approximate surface area is 148 Å². The van der Waals surface area contributed by atoms with Crippen LogP contribution in [-0.4, -0.2) is 27.6 Å². The van der Waals surface area contributed by atoms with Crippen LogP contribution in [0.15, 0.2) is 29.0 Å². The molecule has 1 amide bonds. The molecular weight excluding hydrogens is 316 g/mol. The van der Waals surface area contributed by atoms with Gasteiger partial charge in [-0.05, 0) is 30.9 Å². The van der Waals surface area contributed by atoms with Crippen LogP contribution in [-0.2, 0) is 11.2 Å². The van der Waals surface area contributed by atoms with E-state index in [9.17, 15) is 4.79 Å². The molecule has 6 nitrogen and oxygen atoms in total. The van der Waals surface area contributed by atoms with Crippen LogP contribution in [0.3, 0.4) is 0 Å². The Morgan fingerprint density at radius 2 is 1.84 bits per heavy atom. The molecule has 1 aliphatic rings. The highest BCUT2D eigenvalue weighted by Crippen LogP contribution is 2.21. The van der Waals surface area contributed by atoms with Crippen LogP contribution in [0.25, 0.3) is 11.4 Å². The zero-order chi connectivity index (χ0) is 17.3. The molecular formula is C19H26N4O2. The minimum atomic E-state index is 0.0609. The lowest BCUT2D eigenvalue weighted by molar-refractivity contribution is -0.121. The van der Waals surface area contributed by atoms with Gasteiger partial charge in [-0.2, -0.15) is 4.98 Å². The molecule has 0 radical (unpaired) electrons. The average Bonchev–Trinajstić information content (AvgIpc) is 3.09. The van der Waals surface area contributed by atoms with Crippen molar-refractivity contribution in [3.8, 4) is 11.4 Å². The zero-order valence-electron chi connectivity index (χ0n) is 14.6. The first-order valence-corrected chi connectivity index (χ1v) is 9.31. The van der Waals surface area contributed by atoms with Gasteiger partial charge in [-0.25, -0.2) is 0 Å². The summed E-state index contributed by atoms with van der Waals surface area (Å²) in [6, 6.07) is 3.66. The topological polar surface area (TPSA) is 80.9 Å². The summed E-state index contributed by atoms with van der Waals surface area (Å²) >= 11 is 0. The summed E-state index contributed by atoms with van der Waals surface area (Å²) in [5, 5.41) is 7.03. The Hall–Kier alpha value is -2.24. The van der Waals surface area contributed by atoms with Crippen molar-refractivity contribution in [3.63, 3.8) is 0 Å². The second-order valence-electron chi connectivity index (χ2n) is 6.76. The predicted molar refractivity (Wildman–Crippen MR) is 94.7 cm³/mol. The molecule has 2 heterocycles. The quantitative estimate of drug-likeness (QED) is 0.868. The number of pyridine rings is 1. The first kappa shape index (κ1) is 17.6. The van der Waals surface area contributed by atoms with E-state index in [1.165, 1.54) is 44.9 Å². The lowest BCUT2D eigenvalue weighted by Crippen LogP contribution is -2.29. The first-order chi connectivity index (χ1) is 12.3. The summed E-state index contributed by atoms with van der Waals surface area (Å²) in [5.41, 5.74) is 0.860. The number of carbonyl (C=O) groups is 1. The number of carbonyl (C=O) groups excluding carboxylic acids is 1. The number of rotatable bonds is 6. The summed E-state index contributed by atoms with van der Waals surface area (Å²) < 4.78 is 5.23. The third-order valence-electron chi connectivity index (χ3n) is 4.79. The van der Waals surface area contributed by atoms with E-state index in [1.807, 2.05) is 12.1 Å². The zero-order valence-corrected chi connectivity index (χ0v) is 14.6. The summed E-state index contributed by atoms with van der Waals surface area (Å²) in [5.74, 6) is 1.72. The fourth-order valence-electron chi connectivity index (χ4n) is 3.29. The van der Waals surface area contributed by atoms with Gasteiger partial charge in [0.25, 0.3) is 0 Å². The molecule has 25 heavy (non-hydrogen) atoms. The van der Waals surface area contributed by atoms with Gasteiger partial charge in [0.1, 0.15) is 0 Å². The van der Waals surface area contributed by atoms with E-state index in [0.29, 0.717) is 30.5 Å². The molecule has 0 saturated heterocycles. The van der Waals surface area contributed by atoms with Crippen LogP contribution in [0.5, 0.6) is 0 Å². The summed E-state index contributed by atoms with van der Waals surface area (Å²) in [6.45, 7) is 0.797. The number of hydrogen-bond donors (Lipinski definition) is 1. The van der Waals surface area contributed by atoms with Crippen molar-refractivity contribution in [2.24, 2.45) is 5.92 Å². The van der Waals surface area contributed by atoms with Crippen LogP contribution in [0.4, 0.5) is 0 Å². The maximum absolute atomic E-state index is 12.1. The SMILES string of the molecule is O=C(CCc1nc(-c2ccncc2)no1)NCC1CCCCCCC1. The van der Waals surface area contributed by atoms with Gasteiger partial charge in [0.15, 0.2) is 0 Å². The molecule has 1 fully saturated rings. The molecule has 2 aromatic rings. The highest BCUT2D eigenvalue weighted by Gasteiger charge is 2.14. The first-order valence-electron chi connectivity index (χ1n) is 9.31. The number of aryl methyl sites for hydroxylation is 1. The Morgan fingerprint density at radius 1 is 1.12 bits per heavy atom. The van der Waals surface area contributed by atoms with Gasteiger partial charge in [0.2, 0.25) is 17.6 Å². The Bertz CT molecular complexity index is 648. The molecule has 1 aliphatic carbocycles. The lowest BCUT2D eigenvalue weighted by atomic mass is 9.91. The summed E-state index contributed by atoms with van der Waals surface area (Å²) in [7, 11) is 0. The molecule has 2 aromatic heterocycles. The Kier molecular flexibility index (Phi) is 6.54. The summed E-state index contributed by atoms with van der Waals surface area (Å²) in [6.07, 6.45) is 13.3. The van der Waals surface area contributed by atoms with Crippen LogP contribution in [0.1, 0.15) is 57.3 Å². The van der Waals surface area contributed by atoms with Gasteiger partial charge in [0, 0.05) is 37.3 Å². The molecule has 6 heteroatoms. The maximum atomic E-state index is 12.1. The van der Waals surface area contributed by atoms with E-state index in [-0.39, 0.29) is 5.91 Å². The van der Waals surface area contributed by atoms with Gasteiger partial charge in [0.05, 0.1) is 0 Å². The van der Waals surface area contributed by atoms with Crippen molar-refractivity contribution >= 4 is 5.91 Å². The van der Waals surface area contributed by atoms with E-state index >= 15 is 0 Å². The van der Waals surface area contributed by atoms with Crippen molar-refractivity contribution < 1.29 is 9.32 Å². The van der Waals surface area contributed by atoms with Gasteiger partial charge in [-0.3, -0.25) is 9.78 Å². The van der Waals surface area contributed by atoms with Crippen LogP contribution in [0.2, 0.25) is 0 Å². The molecule has 3 rings (SSSR count). The lowest BCUT2D eigenvalue weighted by Gasteiger charge is -2.19. The standard InChI is InChI=1S/C19H26N4O2/c24-17(21-14-15-6-4-2-1-3-5-7-15)8-9-18-22-19(23-25-18)16-10-12-20-13-11-16/h10-13,15H,1-9,14H2,(H,21,24). The molecule has 0 unspecified atom stereocenters. The third-order valence-corrected chi connectivity index (χ3v) is 4.79. The van der Waals surface area contributed by atoms with E-state index in [0.717, 1.165) is 12.1 Å². The number of hydrogen-bond acceptors (Lipinski definition) is 5. The molecule has 1 saturated carbocycles. The minimum absolute atomic E-state index is 0.0609. The Morgan fingerprint density at radius 3 is 2.60 bits per heavy atom. The largest absolute Gasteiger partial charge is 0.356 e. The predicted octanol–water partition coefficient (Wildman–Crippen LogP) is 3.54. The van der Waals surface area contributed by atoms with Gasteiger partial charge in [-0.15, -0.1) is 0 Å². The highest BCUT2D eigenvalue weighted by atomic mass is 16.5. The fourth-order valence-corrected chi connectivity index (χ4v) is 3.29. The normalized spacial score (nSPS) is 16.2. The van der Waals surface area contributed by atoms with Crippen LogP contribution < -0.4 is 5.32 Å². The molecule has 0 atom stereocenters.